The summed E-state index contributed by atoms with van der Waals surface area (Å²) in [4.78, 5) is 39.3. The molecule has 1 aromatic rings. The molecule has 1 atom stereocenters. The monoisotopic (exact) mass is 391 g/mol. The number of fused-ring (bicyclic) bond motifs is 1. The van der Waals surface area contributed by atoms with E-state index in [0.717, 1.165) is 40.4 Å². The van der Waals surface area contributed by atoms with Crippen LogP contribution in [-0.2, 0) is 9.59 Å². The Bertz CT molecular complexity index is 794. The van der Waals surface area contributed by atoms with Crippen LogP contribution in [0.1, 0.15) is 50.1 Å². The van der Waals surface area contributed by atoms with Gasteiger partial charge in [-0.15, -0.1) is 11.8 Å². The minimum Gasteiger partial charge on any atom is -0.349 e. The van der Waals surface area contributed by atoms with Gasteiger partial charge in [0, 0.05) is 23.6 Å². The first kappa shape index (κ1) is 18.3. The number of imide groups is 1. The number of carbonyl (C=O) groups is 3. The summed E-state index contributed by atoms with van der Waals surface area (Å²) in [5.74, 6) is 0.0742. The average Bonchev–Trinajstić information content (AvgIpc) is 3.20. The second-order valence-corrected chi connectivity index (χ2v) is 8.50. The molecule has 1 aromatic carbocycles. The highest BCUT2D eigenvalue weighted by molar-refractivity contribution is 7.99. The lowest BCUT2D eigenvalue weighted by molar-refractivity contribution is -0.131. The van der Waals surface area contributed by atoms with Gasteiger partial charge in [-0.1, -0.05) is 12.8 Å². The summed E-state index contributed by atoms with van der Waals surface area (Å²) in [6.45, 7) is 0.0652. The average molecular weight is 391 g/mol. The third-order valence-electron chi connectivity index (χ3n) is 5.61. The zero-order valence-corrected chi connectivity index (χ0v) is 15.7. The molecule has 8 heteroatoms. The Morgan fingerprint density at radius 1 is 1.33 bits per heavy atom. The maximum atomic E-state index is 13.6. The highest BCUT2D eigenvalue weighted by Gasteiger charge is 2.52. The van der Waals surface area contributed by atoms with Crippen molar-refractivity contribution in [2.75, 3.05) is 12.3 Å². The van der Waals surface area contributed by atoms with E-state index in [9.17, 15) is 18.8 Å². The van der Waals surface area contributed by atoms with Gasteiger partial charge in [-0.3, -0.25) is 14.5 Å². The molecule has 4 amide bonds. The predicted octanol–water partition coefficient (Wildman–Crippen LogP) is 2.73. The number of benzene rings is 1. The molecule has 2 aliphatic heterocycles. The second kappa shape index (κ2) is 7.14. The molecule has 6 nitrogen and oxygen atoms in total. The van der Waals surface area contributed by atoms with E-state index in [4.69, 9.17) is 0 Å². The predicted molar refractivity (Wildman–Crippen MR) is 98.7 cm³/mol. The fraction of sp³-hybridized carbons (Fsp3) is 0.526. The fourth-order valence-corrected chi connectivity index (χ4v) is 5.30. The van der Waals surface area contributed by atoms with Crippen LogP contribution < -0.4 is 10.6 Å². The standard InChI is InChI=1S/C19H22FN3O3S/c20-12-3-4-15-13(11-12)14(6-10-27-15)21-16(24)5-9-23-17(25)19(22-18(23)26)7-1-2-8-19/h3-4,11,14H,1-2,5-10H2,(H,21,24)(H,22,26)/t14-/m0/s1. The number of hydrogen-bond donors (Lipinski definition) is 2. The Morgan fingerprint density at radius 2 is 2.11 bits per heavy atom. The molecular formula is C19H22FN3O3S. The smallest absolute Gasteiger partial charge is 0.325 e. The quantitative estimate of drug-likeness (QED) is 0.774. The van der Waals surface area contributed by atoms with E-state index in [1.54, 1.807) is 17.8 Å². The van der Waals surface area contributed by atoms with Crippen molar-refractivity contribution < 1.29 is 18.8 Å². The van der Waals surface area contributed by atoms with Gasteiger partial charge in [-0.05, 0) is 43.0 Å². The molecule has 1 spiro atoms. The fourth-order valence-electron chi connectivity index (χ4n) is 4.19. The van der Waals surface area contributed by atoms with Gasteiger partial charge in [0.05, 0.1) is 6.04 Å². The van der Waals surface area contributed by atoms with E-state index < -0.39 is 11.6 Å². The van der Waals surface area contributed by atoms with Gasteiger partial charge in [0.1, 0.15) is 11.4 Å². The molecule has 3 aliphatic rings. The van der Waals surface area contributed by atoms with Crippen LogP contribution in [0.3, 0.4) is 0 Å². The second-order valence-electron chi connectivity index (χ2n) is 7.37. The minimum atomic E-state index is -0.745. The topological polar surface area (TPSA) is 78.5 Å². The van der Waals surface area contributed by atoms with Crippen molar-refractivity contribution in [1.29, 1.82) is 0 Å². The van der Waals surface area contributed by atoms with Crippen molar-refractivity contribution in [2.24, 2.45) is 0 Å². The lowest BCUT2D eigenvalue weighted by Gasteiger charge is -2.26. The number of rotatable bonds is 4. The molecular weight excluding hydrogens is 369 g/mol. The van der Waals surface area contributed by atoms with E-state index in [-0.39, 0.29) is 36.6 Å². The first-order valence-corrected chi connectivity index (χ1v) is 10.3. The molecule has 4 rings (SSSR count). The molecule has 144 valence electrons. The van der Waals surface area contributed by atoms with Crippen LogP contribution in [-0.4, -0.2) is 40.6 Å². The highest BCUT2D eigenvalue weighted by Crippen LogP contribution is 2.37. The Labute approximate surface area is 161 Å². The SMILES string of the molecule is O=C(CCN1C(=O)NC2(CCCC2)C1=O)N[C@H]1CCSc2ccc(F)cc21. The Hall–Kier alpha value is -2.09. The van der Waals surface area contributed by atoms with E-state index >= 15 is 0 Å². The number of carbonyl (C=O) groups excluding carboxylic acids is 3. The minimum absolute atomic E-state index is 0.0452. The molecule has 1 saturated heterocycles. The molecule has 0 bridgehead atoms. The molecule has 1 aliphatic carbocycles. The van der Waals surface area contributed by atoms with Crippen molar-refractivity contribution >= 4 is 29.6 Å². The summed E-state index contributed by atoms with van der Waals surface area (Å²) < 4.78 is 13.6. The number of amides is 4. The maximum absolute atomic E-state index is 13.6. The van der Waals surface area contributed by atoms with Crippen LogP contribution in [0.4, 0.5) is 9.18 Å². The normalized spacial score (nSPS) is 23.4. The van der Waals surface area contributed by atoms with Crippen LogP contribution in [0.25, 0.3) is 0 Å². The van der Waals surface area contributed by atoms with E-state index in [1.165, 1.54) is 12.1 Å². The summed E-state index contributed by atoms with van der Waals surface area (Å²) in [6, 6.07) is 3.98. The van der Waals surface area contributed by atoms with Gasteiger partial charge in [0.2, 0.25) is 5.91 Å². The van der Waals surface area contributed by atoms with Crippen LogP contribution in [0.2, 0.25) is 0 Å². The summed E-state index contributed by atoms with van der Waals surface area (Å²) in [7, 11) is 0. The molecule has 2 fully saturated rings. The lowest BCUT2D eigenvalue weighted by Crippen LogP contribution is -2.44. The van der Waals surface area contributed by atoms with Crippen molar-refractivity contribution in [3.8, 4) is 0 Å². The van der Waals surface area contributed by atoms with Gasteiger partial charge in [0.15, 0.2) is 0 Å². The maximum Gasteiger partial charge on any atom is 0.325 e. The van der Waals surface area contributed by atoms with Crippen molar-refractivity contribution in [1.82, 2.24) is 15.5 Å². The van der Waals surface area contributed by atoms with E-state index in [2.05, 4.69) is 10.6 Å². The third kappa shape index (κ3) is 3.42. The van der Waals surface area contributed by atoms with Crippen LogP contribution in [0, 0.1) is 5.82 Å². The number of nitrogens with one attached hydrogen (secondary N) is 2. The van der Waals surface area contributed by atoms with Crippen molar-refractivity contribution in [2.45, 2.75) is 55.0 Å². The number of hydrogen-bond acceptors (Lipinski definition) is 4. The molecule has 2 N–H and O–H groups in total. The molecule has 0 unspecified atom stereocenters. The van der Waals surface area contributed by atoms with Crippen LogP contribution in [0.15, 0.2) is 23.1 Å². The molecule has 0 aromatic heterocycles. The van der Waals surface area contributed by atoms with E-state index in [0.29, 0.717) is 12.8 Å². The van der Waals surface area contributed by atoms with Gasteiger partial charge >= 0.3 is 6.03 Å². The van der Waals surface area contributed by atoms with E-state index in [1.807, 2.05) is 0 Å². The third-order valence-corrected chi connectivity index (χ3v) is 6.73. The summed E-state index contributed by atoms with van der Waals surface area (Å²) in [5.41, 5.74) is 0.0458. The van der Waals surface area contributed by atoms with Gasteiger partial charge < -0.3 is 10.6 Å². The summed E-state index contributed by atoms with van der Waals surface area (Å²) >= 11 is 1.65. The first-order valence-electron chi connectivity index (χ1n) is 9.34. The Kier molecular flexibility index (Phi) is 4.84. The zero-order chi connectivity index (χ0) is 19.0. The first-order chi connectivity index (χ1) is 13.0. The number of urea groups is 1. The summed E-state index contributed by atoms with van der Waals surface area (Å²) in [6.07, 6.45) is 3.96. The lowest BCUT2D eigenvalue weighted by atomic mass is 9.98. The zero-order valence-electron chi connectivity index (χ0n) is 14.9. The largest absolute Gasteiger partial charge is 0.349 e. The molecule has 27 heavy (non-hydrogen) atoms. The van der Waals surface area contributed by atoms with Gasteiger partial charge in [-0.2, -0.15) is 0 Å². The highest BCUT2D eigenvalue weighted by atomic mass is 32.2. The van der Waals surface area contributed by atoms with Crippen LogP contribution in [0.5, 0.6) is 0 Å². The Balaban J connectivity index is 1.36. The molecule has 2 heterocycles. The van der Waals surface area contributed by atoms with Gasteiger partial charge in [-0.25, -0.2) is 9.18 Å². The van der Waals surface area contributed by atoms with Crippen molar-refractivity contribution in [3.05, 3.63) is 29.6 Å². The molecule has 0 radical (unpaired) electrons. The Morgan fingerprint density at radius 3 is 2.89 bits per heavy atom. The number of nitrogens with zero attached hydrogens (tertiary/aromatic N) is 1. The molecule has 1 saturated carbocycles. The van der Waals surface area contributed by atoms with Gasteiger partial charge in [0.25, 0.3) is 5.91 Å². The number of thioether (sulfide) groups is 1. The van der Waals surface area contributed by atoms with Crippen molar-refractivity contribution in [3.63, 3.8) is 0 Å². The number of halogens is 1. The summed E-state index contributed by atoms with van der Waals surface area (Å²) in [5, 5.41) is 5.74. The van der Waals surface area contributed by atoms with Crippen LogP contribution >= 0.6 is 11.8 Å².